The standard InChI is InChI=1S/C14H16N2O3S/c1-4-19-12(18)8-7-16-9-5-14(2,3)6-10(17)11(9)20-13(16)15-8/h7H,4-6H2,1-3H3. The number of hydrogen-bond acceptors (Lipinski definition) is 5. The summed E-state index contributed by atoms with van der Waals surface area (Å²) in [5.74, 6) is -0.247. The van der Waals surface area contributed by atoms with E-state index in [1.165, 1.54) is 11.3 Å². The van der Waals surface area contributed by atoms with Gasteiger partial charge in [-0.1, -0.05) is 25.2 Å². The van der Waals surface area contributed by atoms with Crippen LogP contribution in [-0.2, 0) is 11.2 Å². The van der Waals surface area contributed by atoms with Gasteiger partial charge < -0.3 is 4.74 Å². The number of ether oxygens (including phenoxy) is 1. The Morgan fingerprint density at radius 2 is 2.25 bits per heavy atom. The maximum atomic E-state index is 12.2. The Morgan fingerprint density at radius 3 is 2.95 bits per heavy atom. The van der Waals surface area contributed by atoms with Gasteiger partial charge in [-0.25, -0.2) is 9.78 Å². The zero-order valence-corrected chi connectivity index (χ0v) is 12.5. The lowest BCUT2D eigenvalue weighted by Crippen LogP contribution is -2.26. The van der Waals surface area contributed by atoms with E-state index in [0.717, 1.165) is 17.0 Å². The fourth-order valence-corrected chi connectivity index (χ4v) is 3.67. The van der Waals surface area contributed by atoms with Crippen molar-refractivity contribution in [3.8, 4) is 0 Å². The fraction of sp³-hybridized carbons (Fsp3) is 0.500. The van der Waals surface area contributed by atoms with Crippen molar-refractivity contribution in [1.29, 1.82) is 0 Å². The molecule has 0 radical (unpaired) electrons. The molecule has 0 aromatic carbocycles. The minimum Gasteiger partial charge on any atom is -0.461 e. The maximum absolute atomic E-state index is 12.2. The Morgan fingerprint density at radius 1 is 1.50 bits per heavy atom. The minimum absolute atomic E-state index is 0.0492. The van der Waals surface area contributed by atoms with E-state index in [4.69, 9.17) is 4.74 Å². The number of nitrogens with zero attached hydrogens (tertiary/aromatic N) is 2. The molecule has 2 aromatic rings. The number of esters is 1. The summed E-state index contributed by atoms with van der Waals surface area (Å²) in [4.78, 5) is 29.6. The topological polar surface area (TPSA) is 60.7 Å². The third-order valence-electron chi connectivity index (χ3n) is 3.44. The zero-order chi connectivity index (χ0) is 14.5. The molecule has 0 N–H and O–H groups in total. The molecule has 1 aliphatic carbocycles. The Bertz CT molecular complexity index is 711. The van der Waals surface area contributed by atoms with E-state index in [0.29, 0.717) is 23.7 Å². The van der Waals surface area contributed by atoms with Crippen molar-refractivity contribution < 1.29 is 14.3 Å². The second-order valence-electron chi connectivity index (χ2n) is 5.82. The number of imidazole rings is 1. The third kappa shape index (κ3) is 2.04. The lowest BCUT2D eigenvalue weighted by molar-refractivity contribution is 0.0520. The molecular formula is C14H16N2O3S. The van der Waals surface area contributed by atoms with Crippen molar-refractivity contribution in [2.24, 2.45) is 5.41 Å². The van der Waals surface area contributed by atoms with E-state index in [9.17, 15) is 9.59 Å². The van der Waals surface area contributed by atoms with Gasteiger partial charge in [-0.3, -0.25) is 9.20 Å². The molecule has 2 heterocycles. The normalized spacial score (nSPS) is 17.2. The first-order valence-electron chi connectivity index (χ1n) is 6.62. The van der Waals surface area contributed by atoms with Gasteiger partial charge in [0, 0.05) is 18.3 Å². The van der Waals surface area contributed by atoms with E-state index >= 15 is 0 Å². The second-order valence-corrected chi connectivity index (χ2v) is 6.80. The number of thiazole rings is 1. The predicted molar refractivity (Wildman–Crippen MR) is 75.5 cm³/mol. The zero-order valence-electron chi connectivity index (χ0n) is 11.7. The van der Waals surface area contributed by atoms with E-state index in [1.807, 2.05) is 4.40 Å². The number of ketones is 1. The van der Waals surface area contributed by atoms with Crippen LogP contribution in [0.25, 0.3) is 4.96 Å². The van der Waals surface area contributed by atoms with Crippen LogP contribution >= 0.6 is 11.3 Å². The van der Waals surface area contributed by atoms with Gasteiger partial charge in [0.15, 0.2) is 16.4 Å². The molecule has 0 unspecified atom stereocenters. The number of carbonyl (C=O) groups is 2. The van der Waals surface area contributed by atoms with Gasteiger partial charge in [0.25, 0.3) is 0 Å². The molecule has 5 nitrogen and oxygen atoms in total. The molecule has 0 atom stereocenters. The average Bonchev–Trinajstić information content (AvgIpc) is 2.87. The molecule has 0 bridgehead atoms. The summed E-state index contributed by atoms with van der Waals surface area (Å²) >= 11 is 1.36. The molecule has 6 heteroatoms. The van der Waals surface area contributed by atoms with Gasteiger partial charge in [-0.05, 0) is 18.8 Å². The highest BCUT2D eigenvalue weighted by Gasteiger charge is 2.34. The second kappa shape index (κ2) is 4.41. The van der Waals surface area contributed by atoms with Crippen LogP contribution < -0.4 is 0 Å². The molecule has 0 aliphatic heterocycles. The van der Waals surface area contributed by atoms with Crippen LogP contribution in [-0.4, -0.2) is 27.7 Å². The van der Waals surface area contributed by atoms with Crippen molar-refractivity contribution in [1.82, 2.24) is 9.38 Å². The summed E-state index contributed by atoms with van der Waals surface area (Å²) < 4.78 is 6.82. The van der Waals surface area contributed by atoms with Crippen LogP contribution in [0.15, 0.2) is 6.20 Å². The lowest BCUT2D eigenvalue weighted by atomic mass is 9.78. The molecule has 106 valence electrons. The highest BCUT2D eigenvalue weighted by molar-refractivity contribution is 7.19. The summed E-state index contributed by atoms with van der Waals surface area (Å²) in [5.41, 5.74) is 1.22. The van der Waals surface area contributed by atoms with Gasteiger partial charge >= 0.3 is 5.97 Å². The molecular weight excluding hydrogens is 276 g/mol. The molecule has 0 amide bonds. The smallest absolute Gasteiger partial charge is 0.358 e. The number of Topliss-reactive ketones (excluding diaryl/α,β-unsaturated/α-hetero) is 1. The summed E-state index contributed by atoms with van der Waals surface area (Å²) in [5, 5.41) is 0. The van der Waals surface area contributed by atoms with Crippen LogP contribution in [0.1, 0.15) is 53.0 Å². The van der Waals surface area contributed by atoms with Crippen molar-refractivity contribution in [3.05, 3.63) is 22.5 Å². The van der Waals surface area contributed by atoms with E-state index in [-0.39, 0.29) is 11.2 Å². The molecule has 2 aromatic heterocycles. The maximum Gasteiger partial charge on any atom is 0.358 e. The SMILES string of the molecule is CCOC(=O)c1cn2c3c(sc2n1)C(=O)CC(C)(C)C3. The molecule has 20 heavy (non-hydrogen) atoms. The number of carbonyl (C=O) groups excluding carboxylic acids is 2. The highest BCUT2D eigenvalue weighted by Crippen LogP contribution is 2.38. The minimum atomic E-state index is -0.418. The predicted octanol–water partition coefficient (Wildman–Crippen LogP) is 2.73. The van der Waals surface area contributed by atoms with Gasteiger partial charge in [0.05, 0.1) is 11.5 Å². The van der Waals surface area contributed by atoms with Crippen LogP contribution in [0.4, 0.5) is 0 Å². The first-order valence-corrected chi connectivity index (χ1v) is 7.44. The summed E-state index contributed by atoms with van der Waals surface area (Å²) in [6.45, 7) is 6.26. The Balaban J connectivity index is 2.08. The number of hydrogen-bond donors (Lipinski definition) is 0. The first-order chi connectivity index (χ1) is 9.41. The molecule has 0 saturated heterocycles. The van der Waals surface area contributed by atoms with Crippen LogP contribution in [0.3, 0.4) is 0 Å². The van der Waals surface area contributed by atoms with E-state index in [1.54, 1.807) is 13.1 Å². The quantitative estimate of drug-likeness (QED) is 0.798. The Hall–Kier alpha value is -1.69. The van der Waals surface area contributed by atoms with Crippen LogP contribution in [0.5, 0.6) is 0 Å². The number of fused-ring (bicyclic) bond motifs is 3. The third-order valence-corrected chi connectivity index (χ3v) is 4.58. The molecule has 1 aliphatic rings. The Labute approximate surface area is 120 Å². The monoisotopic (exact) mass is 292 g/mol. The summed E-state index contributed by atoms with van der Waals surface area (Å²) in [7, 11) is 0. The van der Waals surface area contributed by atoms with E-state index < -0.39 is 5.97 Å². The number of rotatable bonds is 2. The van der Waals surface area contributed by atoms with Crippen LogP contribution in [0, 0.1) is 5.41 Å². The van der Waals surface area contributed by atoms with Gasteiger partial charge in [0.1, 0.15) is 0 Å². The Kier molecular flexibility index (Phi) is 2.93. The fourth-order valence-electron chi connectivity index (χ4n) is 2.61. The summed E-state index contributed by atoms with van der Waals surface area (Å²) in [6, 6.07) is 0. The summed E-state index contributed by atoms with van der Waals surface area (Å²) in [6.07, 6.45) is 3.05. The largest absolute Gasteiger partial charge is 0.461 e. The van der Waals surface area contributed by atoms with Crippen molar-refractivity contribution in [2.45, 2.75) is 33.6 Å². The van der Waals surface area contributed by atoms with Crippen molar-refractivity contribution in [2.75, 3.05) is 6.61 Å². The van der Waals surface area contributed by atoms with E-state index in [2.05, 4.69) is 18.8 Å². The highest BCUT2D eigenvalue weighted by atomic mass is 32.1. The number of aromatic nitrogens is 2. The van der Waals surface area contributed by atoms with Gasteiger partial charge in [-0.2, -0.15) is 0 Å². The molecule has 3 rings (SSSR count). The van der Waals surface area contributed by atoms with Crippen molar-refractivity contribution in [3.63, 3.8) is 0 Å². The lowest BCUT2D eigenvalue weighted by Gasteiger charge is -2.27. The average molecular weight is 292 g/mol. The van der Waals surface area contributed by atoms with Crippen LogP contribution in [0.2, 0.25) is 0 Å². The van der Waals surface area contributed by atoms with Crippen molar-refractivity contribution >= 4 is 28.1 Å². The van der Waals surface area contributed by atoms with Gasteiger partial charge in [0.2, 0.25) is 0 Å². The molecule has 0 spiro atoms. The molecule has 0 saturated carbocycles. The van der Waals surface area contributed by atoms with Gasteiger partial charge in [-0.15, -0.1) is 0 Å². The first kappa shape index (κ1) is 13.3. The molecule has 0 fully saturated rings.